The normalized spacial score (nSPS) is 21.6. The van der Waals surface area contributed by atoms with Crippen LogP contribution in [0, 0.1) is 0 Å². The molecule has 4 nitrogen and oxygen atoms in total. The molecule has 2 aliphatic rings. The van der Waals surface area contributed by atoms with Gasteiger partial charge in [0.25, 0.3) is 0 Å². The molecule has 2 aromatic heterocycles. The number of allylic oxidation sites excluding steroid dienone is 4. The predicted octanol–water partition coefficient (Wildman–Crippen LogP) is 6.53. The molecule has 0 aliphatic heterocycles. The van der Waals surface area contributed by atoms with Crippen molar-refractivity contribution in [2.75, 3.05) is 0 Å². The van der Waals surface area contributed by atoms with Gasteiger partial charge in [0.1, 0.15) is 11.5 Å². The Hall–Kier alpha value is -3.92. The fourth-order valence-corrected chi connectivity index (χ4v) is 4.14. The van der Waals surface area contributed by atoms with E-state index in [4.69, 9.17) is 8.83 Å². The van der Waals surface area contributed by atoms with Crippen LogP contribution in [0.4, 0.5) is 0 Å². The van der Waals surface area contributed by atoms with Gasteiger partial charge in [0.05, 0.1) is 12.5 Å². The van der Waals surface area contributed by atoms with E-state index < -0.39 is 0 Å². The SMILES string of the molecule is O=C1/C(=C/c2ccc(/C=C3\CC/C(=C\c4ccco4)C3=O)cc2)CC/C1=C\c1ccco1. The van der Waals surface area contributed by atoms with Crippen LogP contribution in [0.25, 0.3) is 24.3 Å². The molecule has 1 aromatic carbocycles. The lowest BCUT2D eigenvalue weighted by Crippen LogP contribution is -1.96. The molecule has 2 saturated carbocycles. The van der Waals surface area contributed by atoms with E-state index in [1.54, 1.807) is 12.5 Å². The molecule has 0 amide bonds. The maximum absolute atomic E-state index is 12.7. The van der Waals surface area contributed by atoms with Crippen LogP contribution in [0.3, 0.4) is 0 Å². The Morgan fingerprint density at radius 3 is 1.25 bits per heavy atom. The molecule has 3 aromatic rings. The first-order valence-electron chi connectivity index (χ1n) is 10.7. The lowest BCUT2D eigenvalue weighted by molar-refractivity contribution is -0.112. The van der Waals surface area contributed by atoms with E-state index in [0.717, 1.165) is 59.1 Å². The summed E-state index contributed by atoms with van der Waals surface area (Å²) in [6.45, 7) is 0. The minimum absolute atomic E-state index is 0.0834. The molecule has 0 N–H and O–H groups in total. The van der Waals surface area contributed by atoms with Crippen LogP contribution < -0.4 is 0 Å². The van der Waals surface area contributed by atoms with Gasteiger partial charge in [-0.05, 0) is 85.4 Å². The van der Waals surface area contributed by atoms with E-state index in [2.05, 4.69) is 0 Å². The number of ketones is 2. The third-order valence-corrected chi connectivity index (χ3v) is 5.83. The van der Waals surface area contributed by atoms with Crippen LogP contribution in [-0.4, -0.2) is 11.6 Å². The lowest BCUT2D eigenvalue weighted by Gasteiger charge is -2.00. The van der Waals surface area contributed by atoms with Crippen LogP contribution >= 0.6 is 0 Å². The Morgan fingerprint density at radius 1 is 0.531 bits per heavy atom. The van der Waals surface area contributed by atoms with Gasteiger partial charge in [-0.3, -0.25) is 9.59 Å². The molecule has 0 bridgehead atoms. The van der Waals surface area contributed by atoms with Crippen molar-refractivity contribution in [3.05, 3.63) is 106 Å². The summed E-state index contributed by atoms with van der Waals surface area (Å²) in [4.78, 5) is 25.4. The quantitative estimate of drug-likeness (QED) is 0.448. The number of hydrogen-bond acceptors (Lipinski definition) is 4. The van der Waals surface area contributed by atoms with E-state index in [9.17, 15) is 9.59 Å². The molecule has 4 heteroatoms. The van der Waals surface area contributed by atoms with Crippen molar-refractivity contribution in [3.63, 3.8) is 0 Å². The zero-order chi connectivity index (χ0) is 21.9. The smallest absolute Gasteiger partial charge is 0.185 e. The van der Waals surface area contributed by atoms with Crippen LogP contribution in [0.5, 0.6) is 0 Å². The predicted molar refractivity (Wildman–Crippen MR) is 124 cm³/mol. The molecular formula is C28H22O4. The Kier molecular flexibility index (Phi) is 5.42. The minimum Gasteiger partial charge on any atom is -0.465 e. The molecule has 0 atom stereocenters. The highest BCUT2D eigenvalue weighted by molar-refractivity contribution is 6.16. The molecule has 0 saturated heterocycles. The Bertz CT molecular complexity index is 1160. The molecule has 0 unspecified atom stereocenters. The van der Waals surface area contributed by atoms with Gasteiger partial charge in [0, 0.05) is 22.3 Å². The van der Waals surface area contributed by atoms with E-state index >= 15 is 0 Å². The number of carbonyl (C=O) groups excluding carboxylic acids is 2. The summed E-state index contributed by atoms with van der Waals surface area (Å²) < 4.78 is 10.6. The third kappa shape index (κ3) is 4.26. The van der Waals surface area contributed by atoms with Gasteiger partial charge < -0.3 is 8.83 Å². The molecule has 2 aliphatic carbocycles. The molecule has 0 spiro atoms. The van der Waals surface area contributed by atoms with Crippen molar-refractivity contribution in [1.82, 2.24) is 0 Å². The van der Waals surface area contributed by atoms with E-state index in [1.165, 1.54) is 0 Å². The van der Waals surface area contributed by atoms with Gasteiger partial charge in [-0.2, -0.15) is 0 Å². The average molecular weight is 422 g/mol. The van der Waals surface area contributed by atoms with Crippen molar-refractivity contribution >= 4 is 35.9 Å². The van der Waals surface area contributed by atoms with Gasteiger partial charge in [-0.15, -0.1) is 0 Å². The molecule has 2 heterocycles. The standard InChI is InChI=1S/C28H22O4/c29-27-21(9-11-23(27)17-25-3-1-13-31-25)15-19-5-7-20(8-6-19)16-22-10-12-24(28(22)30)18-26-4-2-14-32-26/h1-8,13-18H,9-12H2/b21-15+,22-16+,23-17+,24-18+. The Balaban J connectivity index is 1.29. The second-order valence-electron chi connectivity index (χ2n) is 8.03. The molecule has 158 valence electrons. The number of furan rings is 2. The van der Waals surface area contributed by atoms with E-state index in [1.807, 2.05) is 72.8 Å². The van der Waals surface area contributed by atoms with Crippen molar-refractivity contribution in [1.29, 1.82) is 0 Å². The summed E-state index contributed by atoms with van der Waals surface area (Å²) in [5.41, 5.74) is 5.15. The second kappa shape index (κ2) is 8.67. The minimum atomic E-state index is 0.0834. The molecule has 2 fully saturated rings. The average Bonchev–Trinajstić information content (AvgIpc) is 3.60. The highest BCUT2D eigenvalue weighted by Gasteiger charge is 2.24. The van der Waals surface area contributed by atoms with Crippen LogP contribution in [0.1, 0.15) is 48.3 Å². The summed E-state index contributed by atoms with van der Waals surface area (Å²) in [5, 5.41) is 0. The summed E-state index contributed by atoms with van der Waals surface area (Å²) >= 11 is 0. The number of hydrogen-bond donors (Lipinski definition) is 0. The first kappa shape index (κ1) is 20.0. The van der Waals surface area contributed by atoms with Crippen molar-refractivity contribution < 1.29 is 18.4 Å². The van der Waals surface area contributed by atoms with Crippen molar-refractivity contribution in [2.45, 2.75) is 25.7 Å². The number of Topliss-reactive ketones (excluding diaryl/α,β-unsaturated/α-hetero) is 2. The van der Waals surface area contributed by atoms with Gasteiger partial charge in [-0.25, -0.2) is 0 Å². The maximum atomic E-state index is 12.7. The lowest BCUT2D eigenvalue weighted by atomic mass is 10.0. The highest BCUT2D eigenvalue weighted by atomic mass is 16.3. The molecule has 0 radical (unpaired) electrons. The van der Waals surface area contributed by atoms with Crippen LogP contribution in [0.15, 0.2) is 92.2 Å². The van der Waals surface area contributed by atoms with E-state index in [0.29, 0.717) is 11.5 Å². The first-order chi connectivity index (χ1) is 15.7. The zero-order valence-corrected chi connectivity index (χ0v) is 17.5. The first-order valence-corrected chi connectivity index (χ1v) is 10.7. The highest BCUT2D eigenvalue weighted by Crippen LogP contribution is 2.31. The summed E-state index contributed by atoms with van der Waals surface area (Å²) in [5.74, 6) is 1.58. The summed E-state index contributed by atoms with van der Waals surface area (Å²) in [6, 6.07) is 15.3. The second-order valence-corrected chi connectivity index (χ2v) is 8.03. The van der Waals surface area contributed by atoms with E-state index in [-0.39, 0.29) is 11.6 Å². The number of carbonyl (C=O) groups is 2. The molecule has 32 heavy (non-hydrogen) atoms. The Morgan fingerprint density at radius 2 is 0.906 bits per heavy atom. The fraction of sp³-hybridized carbons (Fsp3) is 0.143. The molecule has 5 rings (SSSR count). The number of benzene rings is 1. The fourth-order valence-electron chi connectivity index (χ4n) is 4.14. The van der Waals surface area contributed by atoms with Gasteiger partial charge in [0.2, 0.25) is 0 Å². The third-order valence-electron chi connectivity index (χ3n) is 5.83. The monoisotopic (exact) mass is 422 g/mol. The zero-order valence-electron chi connectivity index (χ0n) is 17.5. The number of rotatable bonds is 4. The summed E-state index contributed by atoms with van der Waals surface area (Å²) in [7, 11) is 0. The largest absolute Gasteiger partial charge is 0.465 e. The van der Waals surface area contributed by atoms with Gasteiger partial charge in [0.15, 0.2) is 11.6 Å². The van der Waals surface area contributed by atoms with Crippen LogP contribution in [0.2, 0.25) is 0 Å². The van der Waals surface area contributed by atoms with Crippen molar-refractivity contribution in [3.8, 4) is 0 Å². The van der Waals surface area contributed by atoms with Gasteiger partial charge >= 0.3 is 0 Å². The maximum Gasteiger partial charge on any atom is 0.185 e. The van der Waals surface area contributed by atoms with Crippen molar-refractivity contribution in [2.24, 2.45) is 0 Å². The van der Waals surface area contributed by atoms with Gasteiger partial charge in [-0.1, -0.05) is 24.3 Å². The Labute approximate surface area is 186 Å². The topological polar surface area (TPSA) is 60.4 Å². The van der Waals surface area contributed by atoms with Crippen LogP contribution in [-0.2, 0) is 9.59 Å². The summed E-state index contributed by atoms with van der Waals surface area (Å²) in [6.07, 6.45) is 13.7. The molecular weight excluding hydrogens is 400 g/mol.